The van der Waals surface area contributed by atoms with E-state index >= 15 is 0 Å². The molecule has 0 spiro atoms. The molecule has 2 aromatic rings. The molecule has 27 heavy (non-hydrogen) atoms. The lowest BCUT2D eigenvalue weighted by Crippen LogP contribution is -2.25. The smallest absolute Gasteiger partial charge is 0.366 e. The summed E-state index contributed by atoms with van der Waals surface area (Å²) in [5.74, 6) is -2.18. The third-order valence-corrected chi connectivity index (χ3v) is 4.98. The highest BCUT2D eigenvalue weighted by Gasteiger charge is 2.13. The number of rotatable bonds is 9. The fourth-order valence-corrected chi connectivity index (χ4v) is 3.19. The number of hydrogen-bond acceptors (Lipinski definition) is 6. The fourth-order valence-electron chi connectivity index (χ4n) is 2.03. The number of carbonyl (C=O) groups is 2. The molecule has 2 N–H and O–H groups in total. The molecule has 144 valence electrons. The molecule has 0 amide bonds. The number of carboxylic acids is 1. The van der Waals surface area contributed by atoms with Crippen LogP contribution in [-0.4, -0.2) is 32.0 Å². The maximum Gasteiger partial charge on any atom is 0.366 e. The van der Waals surface area contributed by atoms with Gasteiger partial charge in [0, 0.05) is 11.6 Å². The highest BCUT2D eigenvalue weighted by molar-refractivity contribution is 7.89. The summed E-state index contributed by atoms with van der Waals surface area (Å²) >= 11 is 5.74. The average molecular weight is 414 g/mol. The number of carbonyl (C=O) groups excluding carboxylic acids is 1. The Kier molecular flexibility index (Phi) is 7.17. The number of halogens is 1. The zero-order valence-corrected chi connectivity index (χ0v) is 15.5. The topological polar surface area (TPSA) is 119 Å². The molecule has 0 radical (unpaired) electrons. The summed E-state index contributed by atoms with van der Waals surface area (Å²) in [5.41, 5.74) is 0.723. The van der Waals surface area contributed by atoms with Gasteiger partial charge in [-0.1, -0.05) is 23.7 Å². The quantitative estimate of drug-likeness (QED) is 0.367. The summed E-state index contributed by atoms with van der Waals surface area (Å²) in [6.45, 7) is 0.132. The molecule has 2 aromatic carbocycles. The van der Waals surface area contributed by atoms with Crippen molar-refractivity contribution >= 4 is 33.6 Å². The highest BCUT2D eigenvalue weighted by atomic mass is 35.5. The van der Waals surface area contributed by atoms with Crippen LogP contribution >= 0.6 is 11.6 Å². The molecule has 0 unspecified atom stereocenters. The predicted molar refractivity (Wildman–Crippen MR) is 95.8 cm³/mol. The van der Waals surface area contributed by atoms with E-state index in [0.717, 1.165) is 5.56 Å². The van der Waals surface area contributed by atoms with Gasteiger partial charge in [-0.3, -0.25) is 9.68 Å². The second-order valence-electron chi connectivity index (χ2n) is 5.36. The number of nitrogens with one attached hydrogen (secondary N) is 1. The van der Waals surface area contributed by atoms with Gasteiger partial charge >= 0.3 is 11.9 Å². The number of sulfonamides is 1. The van der Waals surface area contributed by atoms with E-state index in [1.807, 2.05) is 0 Å². The van der Waals surface area contributed by atoms with Gasteiger partial charge in [-0.2, -0.15) is 0 Å². The summed E-state index contributed by atoms with van der Waals surface area (Å²) in [5, 5.41) is 8.90. The van der Waals surface area contributed by atoms with Crippen LogP contribution in [0.4, 0.5) is 0 Å². The van der Waals surface area contributed by atoms with Gasteiger partial charge in [-0.25, -0.2) is 22.8 Å². The lowest BCUT2D eigenvalue weighted by molar-refractivity contribution is -0.214. The fraction of sp³-hybridized carbons (Fsp3) is 0.176. The largest absolute Gasteiger partial charge is 0.481 e. The van der Waals surface area contributed by atoms with E-state index in [9.17, 15) is 18.0 Å². The number of carboxylic acid groups (broad SMARTS) is 1. The minimum atomic E-state index is -3.66. The Balaban J connectivity index is 1.88. The lowest BCUT2D eigenvalue weighted by Gasteiger charge is -2.08. The van der Waals surface area contributed by atoms with Crippen molar-refractivity contribution in [3.8, 4) is 5.75 Å². The maximum absolute atomic E-state index is 12.2. The minimum absolute atomic E-state index is 0.106. The van der Waals surface area contributed by atoms with Crippen molar-refractivity contribution in [2.24, 2.45) is 0 Å². The maximum atomic E-state index is 12.2. The predicted octanol–water partition coefficient (Wildman–Crippen LogP) is 2.17. The van der Waals surface area contributed by atoms with Crippen molar-refractivity contribution in [3.05, 3.63) is 59.1 Å². The van der Waals surface area contributed by atoms with Gasteiger partial charge < -0.3 is 5.11 Å². The van der Waals surface area contributed by atoms with Crippen LogP contribution in [0.2, 0.25) is 5.02 Å². The Bertz CT molecular complexity index is 913. The monoisotopic (exact) mass is 413 g/mol. The average Bonchev–Trinajstić information content (AvgIpc) is 2.60. The first-order valence-corrected chi connectivity index (χ1v) is 9.56. The standard InChI is InChI=1S/C17H16ClNO7S/c18-13-4-6-15(7-5-13)27(23,24)19-9-8-12-2-1-3-14(10-12)25-26-17(22)11-16(20)21/h1-7,10,19H,8-9,11H2,(H,20,21). The van der Waals surface area contributed by atoms with Crippen molar-refractivity contribution in [2.45, 2.75) is 17.7 Å². The first-order chi connectivity index (χ1) is 12.8. The van der Waals surface area contributed by atoms with E-state index in [-0.39, 0.29) is 17.2 Å². The summed E-state index contributed by atoms with van der Waals surface area (Å²) in [4.78, 5) is 30.8. The second kappa shape index (κ2) is 9.36. The lowest BCUT2D eigenvalue weighted by atomic mass is 10.1. The van der Waals surface area contributed by atoms with Crippen LogP contribution in [0.5, 0.6) is 5.75 Å². The normalized spacial score (nSPS) is 11.0. The Morgan fingerprint density at radius 1 is 1.11 bits per heavy atom. The van der Waals surface area contributed by atoms with Gasteiger partial charge in [0.05, 0.1) is 4.90 Å². The molecule has 0 fully saturated rings. The van der Waals surface area contributed by atoms with E-state index in [4.69, 9.17) is 21.6 Å². The Morgan fingerprint density at radius 2 is 1.81 bits per heavy atom. The van der Waals surface area contributed by atoms with Crippen LogP contribution in [0.1, 0.15) is 12.0 Å². The van der Waals surface area contributed by atoms with Gasteiger partial charge in [-0.15, -0.1) is 0 Å². The first-order valence-electron chi connectivity index (χ1n) is 7.69. The second-order valence-corrected chi connectivity index (χ2v) is 7.56. The number of aliphatic carboxylic acids is 1. The summed E-state index contributed by atoms with van der Waals surface area (Å²) in [6, 6.07) is 12.2. The third-order valence-electron chi connectivity index (χ3n) is 3.25. The zero-order valence-electron chi connectivity index (χ0n) is 13.9. The Morgan fingerprint density at radius 3 is 2.48 bits per heavy atom. The number of benzene rings is 2. The van der Waals surface area contributed by atoms with E-state index in [2.05, 4.69) is 9.61 Å². The van der Waals surface area contributed by atoms with Crippen LogP contribution in [0.15, 0.2) is 53.4 Å². The van der Waals surface area contributed by atoms with Crippen LogP contribution in [0.3, 0.4) is 0 Å². The van der Waals surface area contributed by atoms with Gasteiger partial charge in [0.25, 0.3) is 0 Å². The first kappa shape index (κ1) is 20.7. The van der Waals surface area contributed by atoms with Gasteiger partial charge in [0.15, 0.2) is 5.75 Å². The van der Waals surface area contributed by atoms with E-state index in [1.54, 1.807) is 18.2 Å². The van der Waals surface area contributed by atoms with E-state index in [1.165, 1.54) is 30.3 Å². The van der Waals surface area contributed by atoms with Crippen molar-refractivity contribution in [1.82, 2.24) is 4.72 Å². The summed E-state index contributed by atoms with van der Waals surface area (Å²) in [6.07, 6.45) is -0.459. The van der Waals surface area contributed by atoms with Crippen molar-refractivity contribution < 1.29 is 32.9 Å². The SMILES string of the molecule is O=C(O)CC(=O)OOc1cccc(CCNS(=O)(=O)c2ccc(Cl)cc2)c1. The molecule has 0 aliphatic carbocycles. The summed E-state index contributed by atoms with van der Waals surface area (Å²) < 4.78 is 26.8. The molecular formula is C17H16ClNO7S. The summed E-state index contributed by atoms with van der Waals surface area (Å²) in [7, 11) is -3.66. The Hall–Kier alpha value is -2.62. The van der Waals surface area contributed by atoms with E-state index in [0.29, 0.717) is 11.4 Å². The number of hydrogen-bond donors (Lipinski definition) is 2. The molecule has 0 bridgehead atoms. The molecule has 0 heterocycles. The molecular weight excluding hydrogens is 398 g/mol. The van der Waals surface area contributed by atoms with Crippen LogP contribution in [-0.2, 0) is 30.9 Å². The molecule has 0 atom stereocenters. The van der Waals surface area contributed by atoms with Gasteiger partial charge in [0.2, 0.25) is 10.0 Å². The van der Waals surface area contributed by atoms with Crippen molar-refractivity contribution in [3.63, 3.8) is 0 Å². The van der Waals surface area contributed by atoms with Gasteiger partial charge in [-0.05, 0) is 48.4 Å². The van der Waals surface area contributed by atoms with Gasteiger partial charge in [0.1, 0.15) is 6.42 Å². The molecule has 0 saturated carbocycles. The molecule has 0 aromatic heterocycles. The minimum Gasteiger partial charge on any atom is -0.481 e. The molecule has 2 rings (SSSR count). The van der Waals surface area contributed by atoms with Crippen LogP contribution in [0.25, 0.3) is 0 Å². The van der Waals surface area contributed by atoms with E-state index < -0.39 is 28.4 Å². The molecule has 0 aliphatic rings. The molecule has 0 aliphatic heterocycles. The van der Waals surface area contributed by atoms with Crippen LogP contribution < -0.4 is 9.61 Å². The van der Waals surface area contributed by atoms with Crippen LogP contribution in [0, 0.1) is 0 Å². The van der Waals surface area contributed by atoms with Crippen molar-refractivity contribution in [2.75, 3.05) is 6.54 Å². The Labute approximate surface area is 160 Å². The zero-order chi connectivity index (χ0) is 19.9. The molecule has 0 saturated heterocycles. The third kappa shape index (κ3) is 6.89. The molecule has 10 heteroatoms. The molecule has 8 nitrogen and oxygen atoms in total. The van der Waals surface area contributed by atoms with Crippen molar-refractivity contribution in [1.29, 1.82) is 0 Å². The highest BCUT2D eigenvalue weighted by Crippen LogP contribution is 2.16.